The van der Waals surface area contributed by atoms with Crippen LogP contribution < -0.4 is 4.74 Å². The number of benzene rings is 1. The van der Waals surface area contributed by atoms with Crippen LogP contribution in [0.4, 0.5) is 0 Å². The van der Waals surface area contributed by atoms with E-state index in [2.05, 4.69) is 0 Å². The molecule has 1 aromatic rings. The van der Waals surface area contributed by atoms with E-state index in [1.807, 2.05) is 31.2 Å². The predicted octanol–water partition coefficient (Wildman–Crippen LogP) is 1.61. The summed E-state index contributed by atoms with van der Waals surface area (Å²) in [5, 5.41) is 0. The Morgan fingerprint density at radius 1 is 1.40 bits per heavy atom. The number of methoxy groups -OCH3 is 1. The van der Waals surface area contributed by atoms with Gasteiger partial charge in [0.25, 0.3) is 0 Å². The Bertz CT molecular complexity index is 500. The minimum Gasteiger partial charge on any atom is -0.494 e. The van der Waals surface area contributed by atoms with Gasteiger partial charge >= 0.3 is 5.97 Å². The largest absolute Gasteiger partial charge is 0.494 e. The lowest BCUT2D eigenvalue weighted by molar-refractivity contribution is -0.145. The summed E-state index contributed by atoms with van der Waals surface area (Å²) in [6.45, 7) is 3.37. The molecule has 1 aliphatic rings. The summed E-state index contributed by atoms with van der Waals surface area (Å²) >= 11 is 0. The van der Waals surface area contributed by atoms with E-state index in [1.165, 1.54) is 7.11 Å². The molecule has 20 heavy (non-hydrogen) atoms. The topological polar surface area (TPSA) is 55.8 Å². The summed E-state index contributed by atoms with van der Waals surface area (Å²) < 4.78 is 10.2. The molecule has 0 aliphatic carbocycles. The fraction of sp³-hybridized carbons (Fsp3) is 0.467. The number of esters is 1. The molecular formula is C15H19NO4. The van der Waals surface area contributed by atoms with Gasteiger partial charge in [-0.1, -0.05) is 18.2 Å². The van der Waals surface area contributed by atoms with Crippen molar-refractivity contribution in [2.24, 2.45) is 5.92 Å². The van der Waals surface area contributed by atoms with Crippen LogP contribution in [0.3, 0.4) is 0 Å². The van der Waals surface area contributed by atoms with Crippen LogP contribution in [-0.2, 0) is 20.9 Å². The lowest BCUT2D eigenvalue weighted by Crippen LogP contribution is -2.26. The molecule has 0 spiro atoms. The first-order valence-electron chi connectivity index (χ1n) is 6.72. The maximum Gasteiger partial charge on any atom is 0.310 e. The second-order valence-corrected chi connectivity index (χ2v) is 4.74. The average molecular weight is 277 g/mol. The number of nitrogens with zero attached hydrogens (tertiary/aromatic N) is 1. The van der Waals surface area contributed by atoms with Crippen molar-refractivity contribution in [3.05, 3.63) is 29.8 Å². The second kappa shape index (κ2) is 6.41. The zero-order chi connectivity index (χ0) is 14.5. The second-order valence-electron chi connectivity index (χ2n) is 4.74. The molecule has 1 fully saturated rings. The van der Waals surface area contributed by atoms with Gasteiger partial charge in [-0.15, -0.1) is 0 Å². The summed E-state index contributed by atoms with van der Waals surface area (Å²) in [6, 6.07) is 7.63. The summed E-state index contributed by atoms with van der Waals surface area (Å²) in [6.07, 6.45) is 0.226. The first-order valence-corrected chi connectivity index (χ1v) is 6.72. The third-order valence-electron chi connectivity index (χ3n) is 3.38. The molecule has 1 aliphatic heterocycles. The van der Waals surface area contributed by atoms with Crippen LogP contribution in [0.1, 0.15) is 18.9 Å². The molecule has 1 amide bonds. The SMILES string of the molecule is CCOc1ccccc1CN1CC(C(=O)OC)CC1=O. The van der Waals surface area contributed by atoms with Gasteiger partial charge in [-0.05, 0) is 13.0 Å². The van der Waals surface area contributed by atoms with Crippen molar-refractivity contribution in [3.8, 4) is 5.75 Å². The Morgan fingerprint density at radius 2 is 2.15 bits per heavy atom. The lowest BCUT2D eigenvalue weighted by atomic mass is 10.1. The third-order valence-corrected chi connectivity index (χ3v) is 3.38. The number of carbonyl (C=O) groups is 2. The van der Waals surface area contributed by atoms with Gasteiger partial charge < -0.3 is 14.4 Å². The zero-order valence-electron chi connectivity index (χ0n) is 11.8. The number of hydrogen-bond donors (Lipinski definition) is 0. The van der Waals surface area contributed by atoms with Crippen LogP contribution >= 0.6 is 0 Å². The van der Waals surface area contributed by atoms with E-state index in [0.717, 1.165) is 11.3 Å². The molecule has 108 valence electrons. The first kappa shape index (κ1) is 14.4. The number of hydrogen-bond acceptors (Lipinski definition) is 4. The quantitative estimate of drug-likeness (QED) is 0.767. The number of ether oxygens (including phenoxy) is 2. The van der Waals surface area contributed by atoms with E-state index in [-0.39, 0.29) is 24.2 Å². The summed E-state index contributed by atoms with van der Waals surface area (Å²) in [4.78, 5) is 25.1. The number of carbonyl (C=O) groups excluding carboxylic acids is 2. The highest BCUT2D eigenvalue weighted by Gasteiger charge is 2.35. The molecule has 1 heterocycles. The molecule has 2 rings (SSSR count). The molecule has 5 heteroatoms. The van der Waals surface area contributed by atoms with E-state index in [9.17, 15) is 9.59 Å². The highest BCUT2D eigenvalue weighted by atomic mass is 16.5. The van der Waals surface area contributed by atoms with Gasteiger partial charge in [0.2, 0.25) is 5.91 Å². The normalized spacial score (nSPS) is 18.2. The standard InChI is InChI=1S/C15H19NO4/c1-3-20-13-7-5-4-6-11(13)9-16-10-12(8-14(16)17)15(18)19-2/h4-7,12H,3,8-10H2,1-2H3. The molecule has 0 aromatic heterocycles. The van der Waals surface area contributed by atoms with Crippen molar-refractivity contribution in [2.45, 2.75) is 19.9 Å². The molecule has 1 unspecified atom stereocenters. The van der Waals surface area contributed by atoms with E-state index >= 15 is 0 Å². The van der Waals surface area contributed by atoms with E-state index in [1.54, 1.807) is 4.90 Å². The predicted molar refractivity (Wildman–Crippen MR) is 73.2 cm³/mol. The van der Waals surface area contributed by atoms with Gasteiger partial charge in [-0.2, -0.15) is 0 Å². The van der Waals surface area contributed by atoms with Crippen LogP contribution in [0.2, 0.25) is 0 Å². The van der Waals surface area contributed by atoms with Crippen molar-refractivity contribution in [1.29, 1.82) is 0 Å². The number of rotatable bonds is 5. The Morgan fingerprint density at radius 3 is 2.85 bits per heavy atom. The number of likely N-dealkylation sites (tertiary alicyclic amines) is 1. The van der Waals surface area contributed by atoms with Crippen molar-refractivity contribution in [1.82, 2.24) is 4.90 Å². The Balaban J connectivity index is 2.07. The maximum absolute atomic E-state index is 12.0. The lowest BCUT2D eigenvalue weighted by Gasteiger charge is -2.18. The van der Waals surface area contributed by atoms with Crippen LogP contribution in [-0.4, -0.2) is 37.0 Å². The molecule has 0 bridgehead atoms. The van der Waals surface area contributed by atoms with Crippen LogP contribution in [0.15, 0.2) is 24.3 Å². The molecule has 1 saturated heterocycles. The summed E-state index contributed by atoms with van der Waals surface area (Å²) in [7, 11) is 1.35. The van der Waals surface area contributed by atoms with Crippen molar-refractivity contribution in [2.75, 3.05) is 20.3 Å². The monoisotopic (exact) mass is 277 g/mol. The average Bonchev–Trinajstić information content (AvgIpc) is 2.82. The van der Waals surface area contributed by atoms with Crippen molar-refractivity contribution in [3.63, 3.8) is 0 Å². The van der Waals surface area contributed by atoms with Gasteiger partial charge in [0.05, 0.1) is 19.6 Å². The number of amides is 1. The minimum absolute atomic E-state index is 0.0216. The molecule has 1 atom stereocenters. The molecule has 5 nitrogen and oxygen atoms in total. The summed E-state index contributed by atoms with van der Waals surface area (Å²) in [5.74, 6) is 0.0849. The van der Waals surface area contributed by atoms with E-state index < -0.39 is 0 Å². The van der Waals surface area contributed by atoms with Gasteiger partial charge in [0.15, 0.2) is 0 Å². The fourth-order valence-corrected chi connectivity index (χ4v) is 2.39. The molecular weight excluding hydrogens is 258 g/mol. The summed E-state index contributed by atoms with van der Waals surface area (Å²) in [5.41, 5.74) is 0.952. The van der Waals surface area contributed by atoms with E-state index in [4.69, 9.17) is 9.47 Å². The molecule has 0 radical (unpaired) electrons. The Labute approximate surface area is 118 Å². The zero-order valence-corrected chi connectivity index (χ0v) is 11.8. The van der Waals surface area contributed by atoms with Crippen LogP contribution in [0.5, 0.6) is 5.75 Å². The Hall–Kier alpha value is -2.04. The van der Waals surface area contributed by atoms with Crippen molar-refractivity contribution < 1.29 is 19.1 Å². The molecule has 0 N–H and O–H groups in total. The molecule has 1 aromatic carbocycles. The highest BCUT2D eigenvalue weighted by molar-refractivity contribution is 5.86. The third kappa shape index (κ3) is 3.10. The van der Waals surface area contributed by atoms with Gasteiger partial charge in [0.1, 0.15) is 5.75 Å². The minimum atomic E-state index is -0.355. The smallest absolute Gasteiger partial charge is 0.310 e. The Kier molecular flexibility index (Phi) is 4.61. The van der Waals surface area contributed by atoms with Crippen molar-refractivity contribution >= 4 is 11.9 Å². The molecule has 0 saturated carbocycles. The maximum atomic E-state index is 12.0. The number of para-hydroxylation sites is 1. The van der Waals surface area contributed by atoms with Crippen LogP contribution in [0, 0.1) is 5.92 Å². The fourth-order valence-electron chi connectivity index (χ4n) is 2.39. The first-order chi connectivity index (χ1) is 9.65. The van der Waals surface area contributed by atoms with Gasteiger partial charge in [-0.25, -0.2) is 0 Å². The van der Waals surface area contributed by atoms with Gasteiger partial charge in [-0.3, -0.25) is 9.59 Å². The highest BCUT2D eigenvalue weighted by Crippen LogP contribution is 2.25. The van der Waals surface area contributed by atoms with Crippen LogP contribution in [0.25, 0.3) is 0 Å². The van der Waals surface area contributed by atoms with Gasteiger partial charge in [0, 0.05) is 25.1 Å². The van der Waals surface area contributed by atoms with E-state index in [0.29, 0.717) is 19.7 Å².